The summed E-state index contributed by atoms with van der Waals surface area (Å²) >= 11 is 6.28. The molecule has 2 N–H and O–H groups in total. The van der Waals surface area contributed by atoms with Crippen molar-refractivity contribution in [3.63, 3.8) is 0 Å². The number of rotatable bonds is 6. The molecule has 0 fully saturated rings. The lowest BCUT2D eigenvalue weighted by Gasteiger charge is -2.23. The monoisotopic (exact) mass is 365 g/mol. The lowest BCUT2D eigenvalue weighted by Crippen LogP contribution is -2.34. The molecule has 1 aromatic carbocycles. The molecule has 1 amide bonds. The van der Waals surface area contributed by atoms with Gasteiger partial charge >= 0.3 is 0 Å². The van der Waals surface area contributed by atoms with Gasteiger partial charge in [-0.05, 0) is 18.6 Å². The van der Waals surface area contributed by atoms with E-state index in [2.05, 4.69) is 9.97 Å². The Balaban J connectivity index is 1.74. The van der Waals surface area contributed by atoms with Crippen LogP contribution in [0.4, 0.5) is 0 Å². The van der Waals surface area contributed by atoms with Crippen LogP contribution in [0.3, 0.4) is 0 Å². The molecule has 0 bridgehead atoms. The Labute approximate surface area is 150 Å². The topological polar surface area (TPSA) is 87.7 Å². The van der Waals surface area contributed by atoms with Crippen LogP contribution in [-0.2, 0) is 17.8 Å². The summed E-state index contributed by atoms with van der Waals surface area (Å²) < 4.78 is 11.0. The van der Waals surface area contributed by atoms with Crippen molar-refractivity contribution in [2.24, 2.45) is 0 Å². The fourth-order valence-electron chi connectivity index (χ4n) is 2.69. The maximum absolute atomic E-state index is 12.7. The van der Waals surface area contributed by atoms with Gasteiger partial charge in [0.15, 0.2) is 11.5 Å². The highest BCUT2D eigenvalue weighted by Crippen LogP contribution is 2.35. The molecule has 8 heteroatoms. The van der Waals surface area contributed by atoms with E-state index in [0.29, 0.717) is 41.8 Å². The minimum absolute atomic E-state index is 0.114. The maximum Gasteiger partial charge on any atom is 0.227 e. The molecule has 0 atom stereocenters. The lowest BCUT2D eigenvalue weighted by atomic mass is 10.1. The van der Waals surface area contributed by atoms with Gasteiger partial charge in [-0.1, -0.05) is 11.6 Å². The molecule has 1 aromatic heterocycles. The summed E-state index contributed by atoms with van der Waals surface area (Å²) in [6.45, 7) is 3.26. The number of aromatic amines is 1. The van der Waals surface area contributed by atoms with E-state index >= 15 is 0 Å². The van der Waals surface area contributed by atoms with Gasteiger partial charge in [-0.25, -0.2) is 4.98 Å². The van der Waals surface area contributed by atoms with Crippen molar-refractivity contribution in [2.45, 2.75) is 19.9 Å². The number of fused-ring (bicyclic) bond motifs is 1. The fraction of sp³-hybridized carbons (Fsp3) is 0.412. The van der Waals surface area contributed by atoms with Crippen LogP contribution >= 0.6 is 11.6 Å². The molecule has 1 aliphatic heterocycles. The van der Waals surface area contributed by atoms with Crippen LogP contribution in [0.25, 0.3) is 0 Å². The first-order valence-electron chi connectivity index (χ1n) is 8.04. The largest absolute Gasteiger partial charge is 0.486 e. The number of aliphatic hydroxyl groups is 1. The van der Waals surface area contributed by atoms with Crippen LogP contribution in [0.1, 0.15) is 17.1 Å². The predicted octanol–water partition coefficient (Wildman–Crippen LogP) is 1.71. The first-order valence-corrected chi connectivity index (χ1v) is 8.41. The number of halogens is 1. The van der Waals surface area contributed by atoms with E-state index in [1.807, 2.05) is 6.92 Å². The van der Waals surface area contributed by atoms with Crippen molar-refractivity contribution in [1.29, 1.82) is 0 Å². The third-order valence-electron chi connectivity index (χ3n) is 3.89. The Morgan fingerprint density at radius 1 is 1.36 bits per heavy atom. The van der Waals surface area contributed by atoms with E-state index in [9.17, 15) is 9.90 Å². The zero-order valence-corrected chi connectivity index (χ0v) is 14.7. The Hall–Kier alpha value is -2.25. The fourth-order valence-corrected chi connectivity index (χ4v) is 2.91. The number of imidazole rings is 1. The molecule has 7 nitrogen and oxygen atoms in total. The van der Waals surface area contributed by atoms with Crippen LogP contribution < -0.4 is 9.47 Å². The highest BCUT2D eigenvalue weighted by atomic mass is 35.5. The second-order valence-electron chi connectivity index (χ2n) is 5.80. The summed E-state index contributed by atoms with van der Waals surface area (Å²) in [6, 6.07) is 3.42. The minimum atomic E-state index is -0.139. The van der Waals surface area contributed by atoms with E-state index in [-0.39, 0.29) is 25.5 Å². The number of carbonyl (C=O) groups excluding carboxylic acids is 1. The van der Waals surface area contributed by atoms with E-state index < -0.39 is 0 Å². The number of aryl methyl sites for hydroxylation is 1. The Kier molecular flexibility index (Phi) is 5.45. The zero-order chi connectivity index (χ0) is 17.8. The molecule has 0 unspecified atom stereocenters. The van der Waals surface area contributed by atoms with E-state index in [4.69, 9.17) is 21.1 Å². The Morgan fingerprint density at radius 3 is 2.72 bits per heavy atom. The molecule has 0 spiro atoms. The third-order valence-corrected chi connectivity index (χ3v) is 4.24. The van der Waals surface area contributed by atoms with Crippen molar-refractivity contribution in [2.75, 3.05) is 26.4 Å². The summed E-state index contributed by atoms with van der Waals surface area (Å²) in [7, 11) is 0. The van der Waals surface area contributed by atoms with Gasteiger partial charge in [-0.15, -0.1) is 0 Å². The summed E-state index contributed by atoms with van der Waals surface area (Å²) in [4.78, 5) is 21.5. The number of H-pyrrole nitrogens is 1. The van der Waals surface area contributed by atoms with Gasteiger partial charge in [0.25, 0.3) is 0 Å². The predicted molar refractivity (Wildman–Crippen MR) is 92.0 cm³/mol. The molecular weight excluding hydrogens is 346 g/mol. The zero-order valence-electron chi connectivity index (χ0n) is 13.9. The van der Waals surface area contributed by atoms with Crippen LogP contribution in [0.15, 0.2) is 18.3 Å². The Morgan fingerprint density at radius 2 is 2.08 bits per heavy atom. The molecule has 3 rings (SSSR count). The van der Waals surface area contributed by atoms with Crippen LogP contribution in [0.5, 0.6) is 11.5 Å². The Bertz CT molecular complexity index is 762. The molecule has 134 valence electrons. The first kappa shape index (κ1) is 17.6. The third kappa shape index (κ3) is 4.24. The maximum atomic E-state index is 12.7. The number of ether oxygens (including phenoxy) is 2. The first-order chi connectivity index (χ1) is 12.1. The van der Waals surface area contributed by atoms with Crippen molar-refractivity contribution in [1.82, 2.24) is 14.9 Å². The highest BCUT2D eigenvalue weighted by Gasteiger charge is 2.20. The number of aromatic nitrogens is 2. The lowest BCUT2D eigenvalue weighted by molar-refractivity contribution is -0.131. The number of benzene rings is 1. The van der Waals surface area contributed by atoms with E-state index in [1.165, 1.54) is 0 Å². The molecule has 1 aliphatic rings. The number of nitrogens with one attached hydrogen (secondary N) is 1. The van der Waals surface area contributed by atoms with Crippen molar-refractivity contribution >= 4 is 17.5 Å². The number of amides is 1. The average Bonchev–Trinajstić information content (AvgIpc) is 3.00. The molecular formula is C17H20ClN3O4. The minimum Gasteiger partial charge on any atom is -0.486 e. The molecule has 25 heavy (non-hydrogen) atoms. The van der Waals surface area contributed by atoms with Crippen LogP contribution in [0, 0.1) is 6.92 Å². The number of hydrogen-bond acceptors (Lipinski definition) is 5. The standard InChI is InChI=1S/C17H20ClN3O4/c1-11-19-9-13(20-11)10-21(2-3-22)17(23)7-12-6-15-16(8-14(12)18)25-5-4-24-15/h6,8-9,22H,2-5,7,10H2,1H3,(H,19,20). The van der Waals surface area contributed by atoms with Gasteiger partial charge in [0.2, 0.25) is 5.91 Å². The summed E-state index contributed by atoms with van der Waals surface area (Å²) in [5.74, 6) is 1.82. The smallest absolute Gasteiger partial charge is 0.227 e. The number of aliphatic hydroxyl groups excluding tert-OH is 1. The van der Waals surface area contributed by atoms with Gasteiger partial charge in [0.05, 0.1) is 31.5 Å². The van der Waals surface area contributed by atoms with Crippen LogP contribution in [0.2, 0.25) is 5.02 Å². The second-order valence-corrected chi connectivity index (χ2v) is 6.20. The van der Waals surface area contributed by atoms with Crippen molar-refractivity contribution < 1.29 is 19.4 Å². The SMILES string of the molecule is Cc1ncc(CN(CCO)C(=O)Cc2cc3c(cc2Cl)OCCO3)[nH]1. The van der Waals surface area contributed by atoms with Gasteiger partial charge in [-0.2, -0.15) is 0 Å². The number of hydrogen-bond donors (Lipinski definition) is 2. The molecule has 2 aromatic rings. The summed E-state index contributed by atoms with van der Waals surface area (Å²) in [6.07, 6.45) is 1.80. The van der Waals surface area contributed by atoms with Crippen molar-refractivity contribution in [3.8, 4) is 11.5 Å². The van der Waals surface area contributed by atoms with E-state index in [0.717, 1.165) is 11.5 Å². The van der Waals surface area contributed by atoms with Crippen molar-refractivity contribution in [3.05, 3.63) is 40.4 Å². The van der Waals surface area contributed by atoms with Gasteiger partial charge in [0, 0.05) is 17.6 Å². The summed E-state index contributed by atoms with van der Waals surface area (Å²) in [5, 5.41) is 9.72. The second kappa shape index (κ2) is 7.76. The van der Waals surface area contributed by atoms with E-state index in [1.54, 1.807) is 23.2 Å². The normalized spacial score (nSPS) is 12.9. The number of nitrogens with zero attached hydrogens (tertiary/aromatic N) is 2. The molecule has 0 radical (unpaired) electrons. The van der Waals surface area contributed by atoms with Crippen LogP contribution in [-0.4, -0.2) is 52.2 Å². The van der Waals surface area contributed by atoms with Gasteiger partial charge in [0.1, 0.15) is 19.0 Å². The highest BCUT2D eigenvalue weighted by molar-refractivity contribution is 6.31. The van der Waals surface area contributed by atoms with Gasteiger partial charge in [-0.3, -0.25) is 4.79 Å². The average molecular weight is 366 g/mol. The molecule has 0 aliphatic carbocycles. The van der Waals surface area contributed by atoms with Gasteiger partial charge < -0.3 is 24.5 Å². The summed E-state index contributed by atoms with van der Waals surface area (Å²) in [5.41, 5.74) is 1.48. The molecule has 0 saturated carbocycles. The molecule has 0 saturated heterocycles. The quantitative estimate of drug-likeness (QED) is 0.813. The molecule has 2 heterocycles. The number of carbonyl (C=O) groups is 1.